The molecule has 1 N–H and O–H groups in total. The van der Waals surface area contributed by atoms with Gasteiger partial charge in [0.15, 0.2) is 5.11 Å². The van der Waals surface area contributed by atoms with Gasteiger partial charge in [-0.2, -0.15) is 0 Å². The molecule has 2 aromatic rings. The zero-order chi connectivity index (χ0) is 18.1. The minimum atomic E-state index is -0.107. The second kappa shape index (κ2) is 10.0. The molecule has 0 spiro atoms. The number of nitrogens with one attached hydrogen (secondary N) is 1. The number of nitrogens with zero attached hydrogens (tertiary/aromatic N) is 1. The van der Waals surface area contributed by atoms with Crippen molar-refractivity contribution in [3.05, 3.63) is 65.2 Å². The number of benzene rings is 2. The van der Waals surface area contributed by atoms with Crippen molar-refractivity contribution >= 4 is 34.8 Å². The molecule has 0 bridgehead atoms. The summed E-state index contributed by atoms with van der Waals surface area (Å²) in [6, 6.07) is 17.1. The summed E-state index contributed by atoms with van der Waals surface area (Å²) in [6.45, 7) is 1.11. The van der Waals surface area contributed by atoms with Crippen molar-refractivity contribution in [2.75, 3.05) is 13.7 Å². The SMILES string of the molecule is CN(Cc1ccccc1)C(=S)NC(=O)CCCOc1ccc(Cl)cc1. The van der Waals surface area contributed by atoms with Crippen LogP contribution in [0.3, 0.4) is 0 Å². The predicted molar refractivity (Wildman–Crippen MR) is 105 cm³/mol. The molecule has 0 aliphatic carbocycles. The Hall–Kier alpha value is -2.11. The zero-order valence-electron chi connectivity index (χ0n) is 14.1. The normalized spacial score (nSPS) is 10.2. The Labute approximate surface area is 158 Å². The van der Waals surface area contributed by atoms with Crippen LogP contribution < -0.4 is 10.1 Å². The van der Waals surface area contributed by atoms with Crippen molar-refractivity contribution in [1.82, 2.24) is 10.2 Å². The lowest BCUT2D eigenvalue weighted by molar-refractivity contribution is -0.120. The minimum Gasteiger partial charge on any atom is -0.494 e. The van der Waals surface area contributed by atoms with Crippen LogP contribution in [0.15, 0.2) is 54.6 Å². The molecular weight excluding hydrogens is 356 g/mol. The fraction of sp³-hybridized carbons (Fsp3) is 0.263. The third-order valence-electron chi connectivity index (χ3n) is 3.49. The molecule has 2 rings (SSSR count). The summed E-state index contributed by atoms with van der Waals surface area (Å²) >= 11 is 11.1. The average Bonchev–Trinajstić information content (AvgIpc) is 2.61. The molecule has 0 fully saturated rings. The van der Waals surface area contributed by atoms with Crippen LogP contribution in [0.2, 0.25) is 5.02 Å². The smallest absolute Gasteiger partial charge is 0.226 e. The summed E-state index contributed by atoms with van der Waals surface area (Å²) in [5, 5.41) is 3.84. The summed E-state index contributed by atoms with van der Waals surface area (Å²) in [7, 11) is 1.86. The van der Waals surface area contributed by atoms with Crippen LogP contribution in [0, 0.1) is 0 Å². The second-order valence-electron chi connectivity index (χ2n) is 5.60. The van der Waals surface area contributed by atoms with Gasteiger partial charge in [-0.25, -0.2) is 0 Å². The first-order valence-corrected chi connectivity index (χ1v) is 8.80. The molecule has 4 nitrogen and oxygen atoms in total. The second-order valence-corrected chi connectivity index (χ2v) is 6.42. The largest absolute Gasteiger partial charge is 0.494 e. The Morgan fingerprint density at radius 2 is 1.84 bits per heavy atom. The van der Waals surface area contributed by atoms with Crippen LogP contribution in [-0.2, 0) is 11.3 Å². The van der Waals surface area contributed by atoms with Gasteiger partial charge in [0.25, 0.3) is 0 Å². The van der Waals surface area contributed by atoms with E-state index in [1.165, 1.54) is 0 Å². The topological polar surface area (TPSA) is 41.6 Å². The van der Waals surface area contributed by atoms with E-state index in [4.69, 9.17) is 28.6 Å². The number of carbonyl (C=O) groups excluding carboxylic acids is 1. The van der Waals surface area contributed by atoms with E-state index >= 15 is 0 Å². The quantitative estimate of drug-likeness (QED) is 0.585. The fourth-order valence-electron chi connectivity index (χ4n) is 2.16. The van der Waals surface area contributed by atoms with Crippen LogP contribution in [0.1, 0.15) is 18.4 Å². The van der Waals surface area contributed by atoms with Crippen LogP contribution in [0.5, 0.6) is 5.75 Å². The molecule has 0 heterocycles. The number of hydrogen-bond acceptors (Lipinski definition) is 3. The predicted octanol–water partition coefficient (Wildman–Crippen LogP) is 4.03. The number of hydrogen-bond donors (Lipinski definition) is 1. The average molecular weight is 377 g/mol. The molecule has 0 atom stereocenters. The minimum absolute atomic E-state index is 0.107. The van der Waals surface area contributed by atoms with Crippen molar-refractivity contribution in [2.24, 2.45) is 0 Å². The molecule has 0 unspecified atom stereocenters. The van der Waals surface area contributed by atoms with E-state index in [9.17, 15) is 4.79 Å². The van der Waals surface area contributed by atoms with Gasteiger partial charge in [0.1, 0.15) is 5.75 Å². The highest BCUT2D eigenvalue weighted by molar-refractivity contribution is 7.80. The number of thiocarbonyl (C=S) groups is 1. The van der Waals surface area contributed by atoms with Crippen molar-refractivity contribution in [3.63, 3.8) is 0 Å². The van der Waals surface area contributed by atoms with Gasteiger partial charge in [-0.05, 0) is 48.5 Å². The van der Waals surface area contributed by atoms with Gasteiger partial charge in [-0.1, -0.05) is 41.9 Å². The number of ether oxygens (including phenoxy) is 1. The van der Waals surface area contributed by atoms with E-state index in [1.54, 1.807) is 24.3 Å². The summed E-state index contributed by atoms with van der Waals surface area (Å²) < 4.78 is 5.56. The third-order valence-corrected chi connectivity index (χ3v) is 4.15. The molecule has 0 aliphatic heterocycles. The van der Waals surface area contributed by atoms with E-state index in [0.717, 1.165) is 11.3 Å². The molecule has 1 amide bonds. The molecule has 0 radical (unpaired) electrons. The Balaban J connectivity index is 1.65. The van der Waals surface area contributed by atoms with Crippen molar-refractivity contribution in [1.29, 1.82) is 0 Å². The first-order chi connectivity index (χ1) is 12.0. The molecule has 0 aliphatic rings. The van der Waals surface area contributed by atoms with E-state index in [0.29, 0.717) is 36.1 Å². The summed E-state index contributed by atoms with van der Waals surface area (Å²) in [5.74, 6) is 0.632. The monoisotopic (exact) mass is 376 g/mol. The van der Waals surface area contributed by atoms with E-state index in [1.807, 2.05) is 42.3 Å². The maximum absolute atomic E-state index is 12.0. The standard InChI is InChI=1S/C19H21ClN2O2S/c1-22(14-15-6-3-2-4-7-15)19(25)21-18(23)8-5-13-24-17-11-9-16(20)10-12-17/h2-4,6-7,9-12H,5,8,13-14H2,1H3,(H,21,23,25). The number of halogens is 1. The van der Waals surface area contributed by atoms with Crippen LogP contribution >= 0.6 is 23.8 Å². The van der Waals surface area contributed by atoms with Gasteiger partial charge in [-0.3, -0.25) is 4.79 Å². The van der Waals surface area contributed by atoms with Gasteiger partial charge < -0.3 is 15.0 Å². The highest BCUT2D eigenvalue weighted by atomic mass is 35.5. The van der Waals surface area contributed by atoms with Gasteiger partial charge in [0.2, 0.25) is 5.91 Å². The Morgan fingerprint density at radius 1 is 1.16 bits per heavy atom. The number of amides is 1. The molecule has 0 saturated heterocycles. The highest BCUT2D eigenvalue weighted by Crippen LogP contribution is 2.15. The van der Waals surface area contributed by atoms with Gasteiger partial charge >= 0.3 is 0 Å². The summed E-state index contributed by atoms with van der Waals surface area (Å²) in [5.41, 5.74) is 1.14. The molecular formula is C19H21ClN2O2S. The molecule has 2 aromatic carbocycles. The lowest BCUT2D eigenvalue weighted by Gasteiger charge is -2.20. The molecule has 6 heteroatoms. The van der Waals surface area contributed by atoms with Gasteiger partial charge in [-0.15, -0.1) is 0 Å². The highest BCUT2D eigenvalue weighted by Gasteiger charge is 2.09. The van der Waals surface area contributed by atoms with Gasteiger partial charge in [0.05, 0.1) is 6.61 Å². The van der Waals surface area contributed by atoms with Crippen LogP contribution in [0.25, 0.3) is 0 Å². The number of rotatable bonds is 7. The lowest BCUT2D eigenvalue weighted by atomic mass is 10.2. The molecule has 0 aromatic heterocycles. The van der Waals surface area contributed by atoms with Crippen LogP contribution in [-0.4, -0.2) is 29.6 Å². The van der Waals surface area contributed by atoms with Crippen molar-refractivity contribution < 1.29 is 9.53 Å². The Morgan fingerprint density at radius 3 is 2.52 bits per heavy atom. The lowest BCUT2D eigenvalue weighted by Crippen LogP contribution is -2.40. The molecule has 0 saturated carbocycles. The maximum Gasteiger partial charge on any atom is 0.226 e. The Bertz CT molecular complexity index is 692. The zero-order valence-corrected chi connectivity index (χ0v) is 15.6. The number of carbonyl (C=O) groups is 1. The van der Waals surface area contributed by atoms with E-state index < -0.39 is 0 Å². The summed E-state index contributed by atoms with van der Waals surface area (Å²) in [6.07, 6.45) is 0.965. The van der Waals surface area contributed by atoms with Crippen molar-refractivity contribution in [2.45, 2.75) is 19.4 Å². The van der Waals surface area contributed by atoms with E-state index in [2.05, 4.69) is 5.32 Å². The van der Waals surface area contributed by atoms with Crippen LogP contribution in [0.4, 0.5) is 0 Å². The summed E-state index contributed by atoms with van der Waals surface area (Å²) in [4.78, 5) is 13.8. The fourth-order valence-corrected chi connectivity index (χ4v) is 2.46. The Kier molecular flexibility index (Phi) is 7.70. The van der Waals surface area contributed by atoms with Gasteiger partial charge in [0, 0.05) is 25.0 Å². The third kappa shape index (κ3) is 7.11. The van der Waals surface area contributed by atoms with Crippen molar-refractivity contribution in [3.8, 4) is 5.75 Å². The first-order valence-electron chi connectivity index (χ1n) is 8.02. The first kappa shape index (κ1) is 19.2. The molecule has 25 heavy (non-hydrogen) atoms. The maximum atomic E-state index is 12.0. The van der Waals surface area contributed by atoms with E-state index in [-0.39, 0.29) is 5.91 Å². The molecule has 132 valence electrons.